The molecule has 0 aliphatic carbocycles. The summed E-state index contributed by atoms with van der Waals surface area (Å²) in [7, 11) is 0. The van der Waals surface area contributed by atoms with Crippen molar-refractivity contribution in [3.05, 3.63) is 35.9 Å². The van der Waals surface area contributed by atoms with Crippen LogP contribution in [0.1, 0.15) is 32.8 Å². The third kappa shape index (κ3) is 2.62. The first-order valence-electron chi connectivity index (χ1n) is 6.54. The van der Waals surface area contributed by atoms with Crippen molar-refractivity contribution in [3.63, 3.8) is 0 Å². The Morgan fingerprint density at radius 1 is 1.32 bits per heavy atom. The standard InChI is InChI=1S/C15H19NO3/c1-4-13(17)16-12(15(2,3)19-14(16)18)10-11-8-6-5-7-9-11/h5-9,12H,4,10H2,1-3H3/t12-/m1/s1. The maximum absolute atomic E-state index is 11.9. The van der Waals surface area contributed by atoms with Crippen LogP contribution in [0.15, 0.2) is 30.3 Å². The summed E-state index contributed by atoms with van der Waals surface area (Å²) >= 11 is 0. The summed E-state index contributed by atoms with van der Waals surface area (Å²) in [5.41, 5.74) is 0.436. The summed E-state index contributed by atoms with van der Waals surface area (Å²) in [6.07, 6.45) is 0.389. The lowest BCUT2D eigenvalue weighted by molar-refractivity contribution is -0.129. The molecular weight excluding hydrogens is 242 g/mol. The van der Waals surface area contributed by atoms with Crippen molar-refractivity contribution >= 4 is 12.0 Å². The van der Waals surface area contributed by atoms with Crippen LogP contribution in [-0.2, 0) is 16.0 Å². The van der Waals surface area contributed by atoms with Gasteiger partial charge in [0.05, 0.1) is 6.04 Å². The minimum Gasteiger partial charge on any atom is -0.441 e. The fourth-order valence-electron chi connectivity index (χ4n) is 2.40. The monoisotopic (exact) mass is 261 g/mol. The van der Waals surface area contributed by atoms with E-state index in [9.17, 15) is 9.59 Å². The summed E-state index contributed by atoms with van der Waals surface area (Å²) in [5, 5.41) is 0. The average molecular weight is 261 g/mol. The normalized spacial score (nSPS) is 21.3. The van der Waals surface area contributed by atoms with Crippen LogP contribution < -0.4 is 0 Å². The lowest BCUT2D eigenvalue weighted by Crippen LogP contribution is -2.45. The van der Waals surface area contributed by atoms with Gasteiger partial charge in [0.1, 0.15) is 5.60 Å². The molecule has 1 aliphatic heterocycles. The Morgan fingerprint density at radius 3 is 2.53 bits per heavy atom. The Balaban J connectivity index is 2.28. The first-order chi connectivity index (χ1) is 8.95. The van der Waals surface area contributed by atoms with Gasteiger partial charge in [0, 0.05) is 6.42 Å². The summed E-state index contributed by atoms with van der Waals surface area (Å²) < 4.78 is 5.34. The van der Waals surface area contributed by atoms with Crippen LogP contribution in [0, 0.1) is 0 Å². The zero-order chi connectivity index (χ0) is 14.0. The molecule has 0 bridgehead atoms. The minimum atomic E-state index is -0.655. The Labute approximate surface area is 113 Å². The molecule has 1 fully saturated rings. The molecule has 0 aromatic heterocycles. The minimum absolute atomic E-state index is 0.184. The second kappa shape index (κ2) is 5.03. The van der Waals surface area contributed by atoms with E-state index in [2.05, 4.69) is 0 Å². The molecule has 1 heterocycles. The molecule has 0 unspecified atom stereocenters. The number of hydrogen-bond acceptors (Lipinski definition) is 3. The molecule has 0 radical (unpaired) electrons. The molecule has 2 rings (SSSR count). The molecule has 1 aliphatic rings. The Kier molecular flexibility index (Phi) is 3.60. The Hall–Kier alpha value is -1.84. The highest BCUT2D eigenvalue weighted by molar-refractivity contribution is 5.94. The van der Waals surface area contributed by atoms with Crippen molar-refractivity contribution in [1.82, 2.24) is 4.90 Å². The molecule has 2 amide bonds. The number of ether oxygens (including phenoxy) is 1. The summed E-state index contributed by atoms with van der Waals surface area (Å²) in [6, 6.07) is 9.58. The predicted octanol–water partition coefficient (Wildman–Crippen LogP) is 2.77. The highest BCUT2D eigenvalue weighted by Gasteiger charge is 2.49. The van der Waals surface area contributed by atoms with E-state index in [0.717, 1.165) is 5.56 Å². The Morgan fingerprint density at radius 2 is 1.95 bits per heavy atom. The van der Waals surface area contributed by atoms with Crippen LogP contribution in [0.3, 0.4) is 0 Å². The van der Waals surface area contributed by atoms with E-state index in [1.165, 1.54) is 4.90 Å². The number of carbonyl (C=O) groups excluding carboxylic acids is 2. The zero-order valence-electron chi connectivity index (χ0n) is 11.6. The fraction of sp³-hybridized carbons (Fsp3) is 0.467. The van der Waals surface area contributed by atoms with Gasteiger partial charge in [-0.3, -0.25) is 4.79 Å². The van der Waals surface area contributed by atoms with Crippen LogP contribution in [0.5, 0.6) is 0 Å². The molecule has 102 valence electrons. The molecule has 1 atom stereocenters. The number of carbonyl (C=O) groups is 2. The van der Waals surface area contributed by atoms with Crippen LogP contribution in [0.4, 0.5) is 4.79 Å². The third-order valence-corrected chi connectivity index (χ3v) is 3.50. The van der Waals surface area contributed by atoms with Crippen molar-refractivity contribution in [2.45, 2.75) is 45.3 Å². The molecule has 19 heavy (non-hydrogen) atoms. The molecule has 4 nitrogen and oxygen atoms in total. The van der Waals surface area contributed by atoms with Gasteiger partial charge in [0.25, 0.3) is 0 Å². The number of nitrogens with zero attached hydrogens (tertiary/aromatic N) is 1. The zero-order valence-corrected chi connectivity index (χ0v) is 11.6. The van der Waals surface area contributed by atoms with Gasteiger partial charge in [-0.1, -0.05) is 37.3 Å². The second-order valence-corrected chi connectivity index (χ2v) is 5.29. The van der Waals surface area contributed by atoms with Gasteiger partial charge in [-0.25, -0.2) is 9.69 Å². The molecule has 4 heteroatoms. The quantitative estimate of drug-likeness (QED) is 0.840. The van der Waals surface area contributed by atoms with Crippen LogP contribution in [0.25, 0.3) is 0 Å². The number of hydrogen-bond donors (Lipinski definition) is 0. The maximum atomic E-state index is 11.9. The highest BCUT2D eigenvalue weighted by atomic mass is 16.6. The van der Waals surface area contributed by atoms with Crippen molar-refractivity contribution in [2.75, 3.05) is 0 Å². The van der Waals surface area contributed by atoms with Gasteiger partial charge in [-0.05, 0) is 25.8 Å². The Bertz CT molecular complexity index is 481. The number of rotatable bonds is 3. The molecule has 1 aromatic rings. The molecule has 0 N–H and O–H groups in total. The van der Waals surface area contributed by atoms with Crippen LogP contribution in [0.2, 0.25) is 0 Å². The van der Waals surface area contributed by atoms with Crippen molar-refractivity contribution in [2.24, 2.45) is 0 Å². The van der Waals surface area contributed by atoms with Gasteiger partial charge in [-0.2, -0.15) is 0 Å². The van der Waals surface area contributed by atoms with Gasteiger partial charge in [-0.15, -0.1) is 0 Å². The van der Waals surface area contributed by atoms with Crippen molar-refractivity contribution in [1.29, 1.82) is 0 Å². The summed E-state index contributed by atoms with van der Waals surface area (Å²) in [4.78, 5) is 25.1. The van der Waals surface area contributed by atoms with Crippen molar-refractivity contribution < 1.29 is 14.3 Å². The lowest BCUT2D eigenvalue weighted by Gasteiger charge is -2.27. The largest absolute Gasteiger partial charge is 0.441 e. The van der Waals surface area contributed by atoms with Gasteiger partial charge in [0.15, 0.2) is 0 Å². The van der Waals surface area contributed by atoms with E-state index in [1.807, 2.05) is 44.2 Å². The van der Waals surface area contributed by atoms with E-state index in [-0.39, 0.29) is 11.9 Å². The van der Waals surface area contributed by atoms with E-state index in [4.69, 9.17) is 4.74 Å². The van der Waals surface area contributed by atoms with Crippen LogP contribution in [-0.4, -0.2) is 28.5 Å². The van der Waals surface area contributed by atoms with E-state index >= 15 is 0 Å². The molecule has 1 aromatic carbocycles. The van der Waals surface area contributed by atoms with E-state index in [0.29, 0.717) is 12.8 Å². The topological polar surface area (TPSA) is 46.6 Å². The average Bonchev–Trinajstić information content (AvgIpc) is 2.59. The summed E-state index contributed by atoms with van der Waals surface area (Å²) in [5.74, 6) is -0.184. The summed E-state index contributed by atoms with van der Waals surface area (Å²) in [6.45, 7) is 5.45. The molecule has 1 saturated heterocycles. The predicted molar refractivity (Wildman–Crippen MR) is 71.6 cm³/mol. The first-order valence-corrected chi connectivity index (χ1v) is 6.54. The van der Waals surface area contributed by atoms with Gasteiger partial charge < -0.3 is 4.74 Å². The molecule has 0 spiro atoms. The second-order valence-electron chi connectivity index (χ2n) is 5.29. The molecular formula is C15H19NO3. The first kappa shape index (κ1) is 13.6. The number of amides is 2. The number of imide groups is 1. The van der Waals surface area contributed by atoms with Gasteiger partial charge >= 0.3 is 6.09 Å². The third-order valence-electron chi connectivity index (χ3n) is 3.50. The molecule has 0 saturated carbocycles. The number of cyclic esters (lactones) is 1. The van der Waals surface area contributed by atoms with Crippen LogP contribution >= 0.6 is 0 Å². The lowest BCUT2D eigenvalue weighted by atomic mass is 9.92. The SMILES string of the molecule is CCC(=O)N1C(=O)OC(C)(C)[C@H]1Cc1ccccc1. The fourth-order valence-corrected chi connectivity index (χ4v) is 2.40. The number of benzene rings is 1. The maximum Gasteiger partial charge on any atom is 0.417 e. The van der Waals surface area contributed by atoms with E-state index in [1.54, 1.807) is 6.92 Å². The highest BCUT2D eigenvalue weighted by Crippen LogP contribution is 2.32. The van der Waals surface area contributed by atoms with Crippen molar-refractivity contribution in [3.8, 4) is 0 Å². The van der Waals surface area contributed by atoms with Gasteiger partial charge in [0.2, 0.25) is 5.91 Å². The smallest absolute Gasteiger partial charge is 0.417 e. The van der Waals surface area contributed by atoms with E-state index < -0.39 is 11.7 Å².